The Morgan fingerprint density at radius 1 is 1.05 bits per heavy atom. The van der Waals surface area contributed by atoms with Gasteiger partial charge in [-0.15, -0.1) is 0 Å². The fraction of sp³-hybridized carbons (Fsp3) is 0.200. The summed E-state index contributed by atoms with van der Waals surface area (Å²) in [5.74, 6) is 0.982. The van der Waals surface area contributed by atoms with Crippen molar-refractivity contribution in [3.8, 4) is 16.9 Å². The van der Waals surface area contributed by atoms with Crippen LogP contribution < -0.4 is 4.74 Å². The van der Waals surface area contributed by atoms with E-state index in [-0.39, 0.29) is 6.10 Å². The molecule has 0 aliphatic carbocycles. The van der Waals surface area contributed by atoms with Crippen molar-refractivity contribution >= 4 is 6.08 Å². The lowest BCUT2D eigenvalue weighted by atomic mass is 9.99. The van der Waals surface area contributed by atoms with Crippen LogP contribution in [0.4, 0.5) is 0 Å². The molecule has 0 saturated heterocycles. The zero-order valence-corrected chi connectivity index (χ0v) is 12.5. The SMILES string of the molecule is Cc1cccc(-c2cccc3c2OC(C)C/C=C\C=C\3)c1. The predicted octanol–water partition coefficient (Wildman–Crippen LogP) is 5.40. The monoisotopic (exact) mass is 276 g/mol. The van der Waals surface area contributed by atoms with E-state index in [0.717, 1.165) is 23.3 Å². The van der Waals surface area contributed by atoms with Crippen molar-refractivity contribution in [1.29, 1.82) is 0 Å². The molecule has 0 radical (unpaired) electrons. The van der Waals surface area contributed by atoms with Crippen LogP contribution in [0.3, 0.4) is 0 Å². The summed E-state index contributed by atoms with van der Waals surface area (Å²) in [4.78, 5) is 0. The highest BCUT2D eigenvalue weighted by molar-refractivity contribution is 5.77. The Kier molecular flexibility index (Phi) is 3.92. The minimum absolute atomic E-state index is 0.172. The van der Waals surface area contributed by atoms with E-state index in [0.29, 0.717) is 0 Å². The van der Waals surface area contributed by atoms with E-state index in [1.165, 1.54) is 11.1 Å². The summed E-state index contributed by atoms with van der Waals surface area (Å²) in [6, 6.07) is 14.9. The first-order valence-electron chi connectivity index (χ1n) is 7.44. The van der Waals surface area contributed by atoms with Crippen LogP contribution in [-0.2, 0) is 0 Å². The van der Waals surface area contributed by atoms with Crippen LogP contribution in [0.2, 0.25) is 0 Å². The van der Waals surface area contributed by atoms with Crippen molar-refractivity contribution in [2.45, 2.75) is 26.4 Å². The smallest absolute Gasteiger partial charge is 0.134 e. The third-order valence-electron chi connectivity index (χ3n) is 3.68. The van der Waals surface area contributed by atoms with Crippen LogP contribution in [0.5, 0.6) is 5.75 Å². The largest absolute Gasteiger partial charge is 0.489 e. The second-order valence-electron chi connectivity index (χ2n) is 5.54. The Labute approximate surface area is 126 Å². The van der Waals surface area contributed by atoms with Gasteiger partial charge >= 0.3 is 0 Å². The molecule has 0 amide bonds. The maximum atomic E-state index is 6.24. The molecule has 0 saturated carbocycles. The zero-order valence-electron chi connectivity index (χ0n) is 12.5. The number of hydrogen-bond donors (Lipinski definition) is 0. The van der Waals surface area contributed by atoms with Gasteiger partial charge in [0.05, 0.1) is 6.10 Å². The molecule has 0 bridgehead atoms. The summed E-state index contributed by atoms with van der Waals surface area (Å²) in [6.07, 6.45) is 9.54. The fourth-order valence-corrected chi connectivity index (χ4v) is 2.61. The topological polar surface area (TPSA) is 9.23 Å². The highest BCUT2D eigenvalue weighted by atomic mass is 16.5. The van der Waals surface area contributed by atoms with Gasteiger partial charge in [-0.05, 0) is 19.4 Å². The minimum Gasteiger partial charge on any atom is -0.489 e. The summed E-state index contributed by atoms with van der Waals surface area (Å²) in [5, 5.41) is 0. The number of rotatable bonds is 1. The van der Waals surface area contributed by atoms with Crippen LogP contribution >= 0.6 is 0 Å². The zero-order chi connectivity index (χ0) is 14.7. The van der Waals surface area contributed by atoms with Gasteiger partial charge in [-0.1, -0.05) is 72.3 Å². The van der Waals surface area contributed by atoms with Crippen molar-refractivity contribution in [2.24, 2.45) is 0 Å². The van der Waals surface area contributed by atoms with Crippen molar-refractivity contribution in [3.63, 3.8) is 0 Å². The summed E-state index contributed by atoms with van der Waals surface area (Å²) >= 11 is 0. The van der Waals surface area contributed by atoms with Crippen LogP contribution in [0.1, 0.15) is 24.5 Å². The molecular formula is C20H20O. The number of aryl methyl sites for hydroxylation is 1. The van der Waals surface area contributed by atoms with Crippen LogP contribution in [0, 0.1) is 6.92 Å². The number of ether oxygens (including phenoxy) is 1. The molecule has 1 atom stereocenters. The van der Waals surface area contributed by atoms with Crippen LogP contribution in [0.25, 0.3) is 17.2 Å². The van der Waals surface area contributed by atoms with E-state index in [1.54, 1.807) is 0 Å². The molecule has 0 spiro atoms. The number of benzene rings is 2. The third kappa shape index (κ3) is 3.08. The first-order valence-corrected chi connectivity index (χ1v) is 7.44. The number of para-hydroxylation sites is 1. The van der Waals surface area contributed by atoms with E-state index < -0.39 is 0 Å². The summed E-state index contributed by atoms with van der Waals surface area (Å²) < 4.78 is 6.24. The predicted molar refractivity (Wildman–Crippen MR) is 89.5 cm³/mol. The second-order valence-corrected chi connectivity index (χ2v) is 5.54. The van der Waals surface area contributed by atoms with Gasteiger partial charge in [0.2, 0.25) is 0 Å². The number of allylic oxidation sites excluding steroid dienone is 2. The standard InChI is InChI=1S/C20H20O/c1-15-8-6-12-18(14-15)19-13-7-11-17-10-5-3-4-9-16(2)21-20(17)19/h3-8,10-14,16H,9H2,1-2H3/b4-3-,10-5+. The quantitative estimate of drug-likeness (QED) is 0.677. The van der Waals surface area contributed by atoms with Gasteiger partial charge in [-0.2, -0.15) is 0 Å². The highest BCUT2D eigenvalue weighted by Crippen LogP contribution is 2.35. The number of hydrogen-bond acceptors (Lipinski definition) is 1. The lowest BCUT2D eigenvalue weighted by Gasteiger charge is -2.18. The van der Waals surface area contributed by atoms with Crippen LogP contribution in [0.15, 0.2) is 60.7 Å². The molecule has 2 aromatic carbocycles. The molecule has 1 heteroatoms. The van der Waals surface area contributed by atoms with Crippen molar-refractivity contribution in [3.05, 3.63) is 71.8 Å². The second kappa shape index (κ2) is 6.01. The third-order valence-corrected chi connectivity index (χ3v) is 3.68. The molecule has 1 unspecified atom stereocenters. The van der Waals surface area contributed by atoms with Gasteiger partial charge in [0.15, 0.2) is 0 Å². The Bertz CT molecular complexity index is 695. The Hall–Kier alpha value is -2.28. The van der Waals surface area contributed by atoms with Crippen LogP contribution in [-0.4, -0.2) is 6.10 Å². The molecular weight excluding hydrogens is 256 g/mol. The minimum atomic E-state index is 0.172. The average Bonchev–Trinajstić information content (AvgIpc) is 2.56. The molecule has 1 nitrogen and oxygen atoms in total. The first kappa shape index (κ1) is 13.7. The normalized spacial score (nSPS) is 20.4. The van der Waals surface area contributed by atoms with Crippen molar-refractivity contribution in [1.82, 2.24) is 0 Å². The van der Waals surface area contributed by atoms with Gasteiger partial charge in [-0.25, -0.2) is 0 Å². The Balaban J connectivity index is 2.14. The molecule has 1 aliphatic rings. The summed E-state index contributed by atoms with van der Waals surface area (Å²) in [5.41, 5.74) is 4.76. The molecule has 0 aromatic heterocycles. The first-order chi connectivity index (χ1) is 10.2. The molecule has 2 aromatic rings. The molecule has 106 valence electrons. The van der Waals surface area contributed by atoms with Gasteiger partial charge in [0.1, 0.15) is 5.75 Å². The summed E-state index contributed by atoms with van der Waals surface area (Å²) in [7, 11) is 0. The number of fused-ring (bicyclic) bond motifs is 1. The molecule has 0 N–H and O–H groups in total. The maximum Gasteiger partial charge on any atom is 0.134 e. The van der Waals surface area contributed by atoms with Gasteiger partial charge < -0.3 is 4.74 Å². The van der Waals surface area contributed by atoms with Gasteiger partial charge in [-0.3, -0.25) is 0 Å². The maximum absolute atomic E-state index is 6.24. The van der Waals surface area contributed by atoms with E-state index in [4.69, 9.17) is 4.74 Å². The fourth-order valence-electron chi connectivity index (χ4n) is 2.61. The molecule has 0 fully saturated rings. The van der Waals surface area contributed by atoms with E-state index in [2.05, 4.69) is 80.6 Å². The van der Waals surface area contributed by atoms with Gasteiger partial charge in [0.25, 0.3) is 0 Å². The highest BCUT2D eigenvalue weighted by Gasteiger charge is 2.13. The molecule has 1 aliphatic heterocycles. The van der Waals surface area contributed by atoms with Gasteiger partial charge in [0, 0.05) is 17.5 Å². The Morgan fingerprint density at radius 3 is 2.76 bits per heavy atom. The van der Waals surface area contributed by atoms with E-state index >= 15 is 0 Å². The Morgan fingerprint density at radius 2 is 1.90 bits per heavy atom. The molecule has 3 rings (SSSR count). The van der Waals surface area contributed by atoms with E-state index in [9.17, 15) is 0 Å². The van der Waals surface area contributed by atoms with Crippen molar-refractivity contribution in [2.75, 3.05) is 0 Å². The van der Waals surface area contributed by atoms with Crippen molar-refractivity contribution < 1.29 is 4.74 Å². The molecule has 21 heavy (non-hydrogen) atoms. The lowest BCUT2D eigenvalue weighted by Crippen LogP contribution is -2.11. The summed E-state index contributed by atoms with van der Waals surface area (Å²) in [6.45, 7) is 4.24. The average molecular weight is 276 g/mol. The van der Waals surface area contributed by atoms with E-state index in [1.807, 2.05) is 0 Å². The lowest BCUT2D eigenvalue weighted by molar-refractivity contribution is 0.226. The molecule has 1 heterocycles.